The van der Waals surface area contributed by atoms with Crippen LogP contribution in [0, 0.1) is 0 Å². The molecule has 0 saturated heterocycles. The van der Waals surface area contributed by atoms with E-state index in [2.05, 4.69) is 71.9 Å². The van der Waals surface area contributed by atoms with Crippen LogP contribution in [-0.4, -0.2) is 24.2 Å². The fraction of sp³-hybridized carbons (Fsp3) is 0.290. The van der Waals surface area contributed by atoms with E-state index in [9.17, 15) is 9.59 Å². The molecule has 182 valence electrons. The van der Waals surface area contributed by atoms with Crippen molar-refractivity contribution < 1.29 is 19.4 Å². The molecule has 0 heterocycles. The summed E-state index contributed by atoms with van der Waals surface area (Å²) in [7, 11) is 1.40. The van der Waals surface area contributed by atoms with Gasteiger partial charge in [-0.15, -0.1) is 0 Å². The van der Waals surface area contributed by atoms with Crippen molar-refractivity contribution in [3.8, 4) is 0 Å². The van der Waals surface area contributed by atoms with Crippen LogP contribution in [0.25, 0.3) is 21.5 Å². The van der Waals surface area contributed by atoms with Crippen molar-refractivity contribution in [3.63, 3.8) is 0 Å². The average Bonchev–Trinajstić information content (AvgIpc) is 2.81. The van der Waals surface area contributed by atoms with Gasteiger partial charge in [0.05, 0.1) is 18.2 Å². The van der Waals surface area contributed by atoms with Gasteiger partial charge in [-0.25, -0.2) is 9.59 Å². The first-order valence-electron chi connectivity index (χ1n) is 11.7. The molecule has 4 aromatic rings. The normalized spacial score (nSPS) is 11.6. The van der Waals surface area contributed by atoms with Gasteiger partial charge in [0.15, 0.2) is 0 Å². The largest absolute Gasteiger partial charge is 0.478 e. The molecule has 0 atom stereocenters. The summed E-state index contributed by atoms with van der Waals surface area (Å²) in [5.41, 5.74) is 3.72. The molecule has 0 aliphatic heterocycles. The van der Waals surface area contributed by atoms with Gasteiger partial charge >= 0.3 is 11.9 Å². The molecule has 35 heavy (non-hydrogen) atoms. The number of carbonyl (C=O) groups is 2. The maximum Gasteiger partial charge on any atom is 0.337 e. The maximum absolute atomic E-state index is 11.5. The zero-order valence-electron chi connectivity index (χ0n) is 21.6. The van der Waals surface area contributed by atoms with Crippen molar-refractivity contribution in [3.05, 3.63) is 95.1 Å². The summed E-state index contributed by atoms with van der Waals surface area (Å²) >= 11 is 0. The summed E-state index contributed by atoms with van der Waals surface area (Å²) < 4.78 is 4.72. The molecule has 0 spiro atoms. The number of rotatable bonds is 2. The van der Waals surface area contributed by atoms with Crippen LogP contribution >= 0.6 is 0 Å². The van der Waals surface area contributed by atoms with E-state index in [-0.39, 0.29) is 16.8 Å². The fourth-order valence-electron chi connectivity index (χ4n) is 3.80. The molecule has 4 nitrogen and oxygen atoms in total. The number of hydrogen-bond donors (Lipinski definition) is 1. The third-order valence-corrected chi connectivity index (χ3v) is 6.08. The minimum atomic E-state index is -0.883. The smallest absolute Gasteiger partial charge is 0.337 e. The second-order valence-corrected chi connectivity index (χ2v) is 10.9. The van der Waals surface area contributed by atoms with Crippen LogP contribution in [0.15, 0.2) is 72.8 Å². The lowest BCUT2D eigenvalue weighted by atomic mass is 9.86. The predicted molar refractivity (Wildman–Crippen MR) is 144 cm³/mol. The van der Waals surface area contributed by atoms with Crippen LogP contribution in [0.5, 0.6) is 0 Å². The fourth-order valence-corrected chi connectivity index (χ4v) is 3.80. The molecule has 0 saturated carbocycles. The molecule has 0 bridgehead atoms. The van der Waals surface area contributed by atoms with E-state index in [1.54, 1.807) is 18.2 Å². The van der Waals surface area contributed by atoms with E-state index >= 15 is 0 Å². The standard InChI is InChI=1S/C16H18O2.C15H16O2/c1-16(2,3)14-8-7-11-9-13(15(17)18-4)6-5-12(11)10-14;1-15(2,3)13-7-6-10-8-12(14(16)17)5-4-11(10)9-13/h5-10H,1-4H3;4-9H,1-3H3,(H,16,17). The van der Waals surface area contributed by atoms with Gasteiger partial charge in [-0.2, -0.15) is 0 Å². The van der Waals surface area contributed by atoms with Crippen molar-refractivity contribution in [2.24, 2.45) is 0 Å². The highest BCUT2D eigenvalue weighted by molar-refractivity contribution is 5.96. The number of carbonyl (C=O) groups excluding carboxylic acids is 1. The first-order valence-corrected chi connectivity index (χ1v) is 11.7. The molecule has 4 heteroatoms. The molecule has 0 aromatic heterocycles. The SMILES string of the molecule is CC(C)(C)c1ccc2cc(C(=O)O)ccc2c1.COC(=O)c1ccc2cc(C(C)(C)C)ccc2c1. The number of aromatic carboxylic acids is 1. The van der Waals surface area contributed by atoms with Crippen LogP contribution in [0.1, 0.15) is 73.4 Å². The quantitative estimate of drug-likeness (QED) is 0.304. The van der Waals surface area contributed by atoms with E-state index in [0.29, 0.717) is 11.1 Å². The topological polar surface area (TPSA) is 63.6 Å². The van der Waals surface area contributed by atoms with E-state index < -0.39 is 5.97 Å². The third-order valence-electron chi connectivity index (χ3n) is 6.08. The van der Waals surface area contributed by atoms with Crippen molar-refractivity contribution in [2.75, 3.05) is 7.11 Å². The molecular formula is C31H34O4. The van der Waals surface area contributed by atoms with Crippen LogP contribution < -0.4 is 0 Å². The van der Waals surface area contributed by atoms with E-state index in [1.807, 2.05) is 24.3 Å². The molecular weight excluding hydrogens is 436 g/mol. The Bertz CT molecular complexity index is 1390. The number of carboxylic acid groups (broad SMARTS) is 1. The minimum Gasteiger partial charge on any atom is -0.478 e. The number of benzene rings is 4. The molecule has 0 fully saturated rings. The summed E-state index contributed by atoms with van der Waals surface area (Å²) in [6, 6.07) is 23.4. The Morgan fingerprint density at radius 2 is 0.971 bits per heavy atom. The maximum atomic E-state index is 11.5. The Balaban J connectivity index is 0.000000196. The summed E-state index contributed by atoms with van der Waals surface area (Å²) in [5.74, 6) is -1.18. The Hall–Kier alpha value is -3.66. The third kappa shape index (κ3) is 6.27. The van der Waals surface area contributed by atoms with Gasteiger partial charge in [0.1, 0.15) is 0 Å². The highest BCUT2D eigenvalue weighted by Gasteiger charge is 2.15. The molecule has 1 N–H and O–H groups in total. The average molecular weight is 471 g/mol. The van der Waals surface area contributed by atoms with Crippen molar-refractivity contribution >= 4 is 33.5 Å². The van der Waals surface area contributed by atoms with Gasteiger partial charge < -0.3 is 9.84 Å². The molecule has 0 radical (unpaired) electrons. The minimum absolute atomic E-state index is 0.111. The highest BCUT2D eigenvalue weighted by Crippen LogP contribution is 2.28. The summed E-state index contributed by atoms with van der Waals surface area (Å²) in [6.07, 6.45) is 0. The number of methoxy groups -OCH3 is 1. The summed E-state index contributed by atoms with van der Waals surface area (Å²) in [6.45, 7) is 13.1. The van der Waals surface area contributed by atoms with Crippen LogP contribution in [0.3, 0.4) is 0 Å². The van der Waals surface area contributed by atoms with Gasteiger partial charge in [0.2, 0.25) is 0 Å². The van der Waals surface area contributed by atoms with E-state index in [0.717, 1.165) is 21.5 Å². The number of esters is 1. The molecule has 0 amide bonds. The lowest BCUT2D eigenvalue weighted by Crippen LogP contribution is -2.10. The second kappa shape index (κ2) is 9.91. The Morgan fingerprint density at radius 1 is 0.600 bits per heavy atom. The number of ether oxygens (including phenoxy) is 1. The van der Waals surface area contributed by atoms with Gasteiger partial charge in [-0.1, -0.05) is 90.1 Å². The van der Waals surface area contributed by atoms with Gasteiger partial charge in [-0.3, -0.25) is 0 Å². The van der Waals surface area contributed by atoms with Crippen molar-refractivity contribution in [2.45, 2.75) is 52.4 Å². The van der Waals surface area contributed by atoms with Crippen LogP contribution in [0.2, 0.25) is 0 Å². The lowest BCUT2D eigenvalue weighted by Gasteiger charge is -2.19. The van der Waals surface area contributed by atoms with Crippen LogP contribution in [-0.2, 0) is 15.6 Å². The monoisotopic (exact) mass is 470 g/mol. The van der Waals surface area contributed by atoms with Gasteiger partial charge in [0, 0.05) is 0 Å². The first-order chi connectivity index (χ1) is 16.3. The van der Waals surface area contributed by atoms with E-state index in [1.165, 1.54) is 18.2 Å². The number of carboxylic acids is 1. The van der Waals surface area contributed by atoms with Crippen molar-refractivity contribution in [1.29, 1.82) is 0 Å². The molecule has 4 rings (SSSR count). The van der Waals surface area contributed by atoms with Gasteiger partial charge in [0.25, 0.3) is 0 Å². The highest BCUT2D eigenvalue weighted by atomic mass is 16.5. The Labute approximate surface area is 207 Å². The molecule has 0 unspecified atom stereocenters. The number of fused-ring (bicyclic) bond motifs is 2. The second-order valence-electron chi connectivity index (χ2n) is 10.9. The number of hydrogen-bond acceptors (Lipinski definition) is 3. The molecule has 4 aromatic carbocycles. The van der Waals surface area contributed by atoms with E-state index in [4.69, 9.17) is 9.84 Å². The molecule has 0 aliphatic rings. The summed E-state index contributed by atoms with van der Waals surface area (Å²) in [4.78, 5) is 22.3. The zero-order valence-corrected chi connectivity index (χ0v) is 21.6. The predicted octanol–water partition coefficient (Wildman–Crippen LogP) is 7.76. The van der Waals surface area contributed by atoms with Gasteiger partial charge in [-0.05, 0) is 67.8 Å². The summed E-state index contributed by atoms with van der Waals surface area (Å²) in [5, 5.41) is 13.2. The Morgan fingerprint density at radius 3 is 1.37 bits per heavy atom. The Kier molecular flexibility index (Phi) is 7.35. The van der Waals surface area contributed by atoms with Crippen LogP contribution in [0.4, 0.5) is 0 Å². The lowest BCUT2D eigenvalue weighted by molar-refractivity contribution is 0.0600. The zero-order chi connectivity index (χ0) is 26.0. The molecule has 0 aliphatic carbocycles. The first kappa shape index (κ1) is 26.0. The van der Waals surface area contributed by atoms with Crippen molar-refractivity contribution in [1.82, 2.24) is 0 Å².